The van der Waals surface area contributed by atoms with Gasteiger partial charge >= 0.3 is 5.69 Å². The van der Waals surface area contributed by atoms with Crippen molar-refractivity contribution in [2.75, 3.05) is 18.0 Å². The third-order valence-corrected chi connectivity index (χ3v) is 5.53. The van der Waals surface area contributed by atoms with E-state index in [4.69, 9.17) is 11.6 Å². The summed E-state index contributed by atoms with van der Waals surface area (Å²) in [5.74, 6) is 0. The molecule has 1 aromatic rings. The Morgan fingerprint density at radius 1 is 1.10 bits per heavy atom. The maximum absolute atomic E-state index is 11.3. The number of hydrogen-bond donors (Lipinski definition) is 0. The van der Waals surface area contributed by atoms with Crippen LogP contribution < -0.4 is 4.90 Å². The summed E-state index contributed by atoms with van der Waals surface area (Å²) in [5.41, 5.74) is 1.24. The van der Waals surface area contributed by atoms with Gasteiger partial charge in [-0.1, -0.05) is 36.9 Å². The highest BCUT2D eigenvalue weighted by Gasteiger charge is 2.37. The number of nitro benzene ring substituents is 1. The molecule has 0 N–H and O–H groups in total. The molecule has 1 saturated carbocycles. The average molecular weight is 309 g/mol. The molecule has 1 saturated heterocycles. The number of halogens is 1. The number of benzene rings is 1. The molecule has 5 heteroatoms. The molecular weight excluding hydrogens is 288 g/mol. The zero-order valence-corrected chi connectivity index (χ0v) is 12.9. The van der Waals surface area contributed by atoms with Gasteiger partial charge in [-0.25, -0.2) is 0 Å². The first-order chi connectivity index (χ1) is 10.1. The zero-order chi connectivity index (χ0) is 14.9. The van der Waals surface area contributed by atoms with Crippen LogP contribution in [0.15, 0.2) is 18.2 Å². The summed E-state index contributed by atoms with van der Waals surface area (Å²) in [6, 6.07) is 5.22. The zero-order valence-electron chi connectivity index (χ0n) is 12.2. The summed E-state index contributed by atoms with van der Waals surface area (Å²) in [7, 11) is 0. The number of hydrogen-bond acceptors (Lipinski definition) is 3. The van der Waals surface area contributed by atoms with E-state index in [2.05, 4.69) is 4.90 Å². The van der Waals surface area contributed by atoms with Crippen LogP contribution in [0.4, 0.5) is 11.4 Å². The average Bonchev–Trinajstić information content (AvgIpc) is 2.48. The fourth-order valence-electron chi connectivity index (χ4n) is 3.96. The van der Waals surface area contributed by atoms with E-state index in [-0.39, 0.29) is 15.6 Å². The molecule has 0 radical (unpaired) electrons. The predicted octanol–water partition coefficient (Wildman–Crippen LogP) is 4.80. The van der Waals surface area contributed by atoms with Crippen LogP contribution in [-0.2, 0) is 0 Å². The van der Waals surface area contributed by atoms with Crippen molar-refractivity contribution in [1.82, 2.24) is 0 Å². The highest BCUT2D eigenvalue weighted by atomic mass is 35.5. The maximum Gasteiger partial charge on any atom is 0.310 e. The molecule has 21 heavy (non-hydrogen) atoms. The summed E-state index contributed by atoms with van der Waals surface area (Å²) in [6.45, 7) is 1.81. The maximum atomic E-state index is 11.3. The lowest BCUT2D eigenvalue weighted by Gasteiger charge is -2.44. The van der Waals surface area contributed by atoms with E-state index >= 15 is 0 Å². The van der Waals surface area contributed by atoms with E-state index in [0.717, 1.165) is 25.9 Å². The molecule has 1 heterocycles. The number of nitro groups is 1. The molecule has 0 bridgehead atoms. The highest BCUT2D eigenvalue weighted by molar-refractivity contribution is 6.33. The highest BCUT2D eigenvalue weighted by Crippen LogP contribution is 2.46. The van der Waals surface area contributed by atoms with Gasteiger partial charge in [0.25, 0.3) is 0 Å². The first kappa shape index (κ1) is 14.6. The Bertz CT molecular complexity index is 531. The minimum Gasteiger partial charge on any atom is -0.366 e. The first-order valence-corrected chi connectivity index (χ1v) is 8.17. The molecule has 1 aliphatic carbocycles. The molecule has 1 aliphatic heterocycles. The Morgan fingerprint density at radius 2 is 1.76 bits per heavy atom. The van der Waals surface area contributed by atoms with Crippen LogP contribution in [0.2, 0.25) is 5.02 Å². The third-order valence-electron chi connectivity index (χ3n) is 5.23. The Morgan fingerprint density at radius 3 is 2.38 bits per heavy atom. The lowest BCUT2D eigenvalue weighted by Crippen LogP contribution is -2.41. The van der Waals surface area contributed by atoms with Gasteiger partial charge in [0.05, 0.1) is 4.92 Å². The standard InChI is InChI=1S/C16H21ClN2O2/c17-13-5-4-6-14(15(13)19(20)21)18-11-9-16(10-12-18)7-2-1-3-8-16/h4-6H,1-3,7-12H2. The lowest BCUT2D eigenvalue weighted by molar-refractivity contribution is -0.384. The molecule has 1 spiro atoms. The quantitative estimate of drug-likeness (QED) is 0.582. The van der Waals surface area contributed by atoms with Gasteiger partial charge in [-0.3, -0.25) is 10.1 Å². The van der Waals surface area contributed by atoms with Crippen LogP contribution in [-0.4, -0.2) is 18.0 Å². The van der Waals surface area contributed by atoms with Crippen LogP contribution in [0, 0.1) is 15.5 Å². The van der Waals surface area contributed by atoms with Crippen molar-refractivity contribution in [2.24, 2.45) is 5.41 Å². The van der Waals surface area contributed by atoms with Gasteiger partial charge in [-0.15, -0.1) is 0 Å². The number of piperidine rings is 1. The van der Waals surface area contributed by atoms with E-state index in [1.165, 1.54) is 32.1 Å². The summed E-state index contributed by atoms with van der Waals surface area (Å²) in [5, 5.41) is 11.5. The van der Waals surface area contributed by atoms with Crippen molar-refractivity contribution in [1.29, 1.82) is 0 Å². The Hall–Kier alpha value is -1.29. The number of rotatable bonds is 2. The van der Waals surface area contributed by atoms with E-state index in [1.807, 2.05) is 6.07 Å². The number of anilines is 1. The molecule has 4 nitrogen and oxygen atoms in total. The van der Waals surface area contributed by atoms with Crippen LogP contribution >= 0.6 is 11.6 Å². The minimum atomic E-state index is -0.358. The molecule has 2 aliphatic rings. The molecule has 1 aromatic carbocycles. The Labute approximate surface area is 130 Å². The van der Waals surface area contributed by atoms with E-state index in [0.29, 0.717) is 11.1 Å². The van der Waals surface area contributed by atoms with Gasteiger partial charge in [-0.2, -0.15) is 0 Å². The second kappa shape index (κ2) is 5.84. The molecular formula is C16H21ClN2O2. The van der Waals surface area contributed by atoms with E-state index in [9.17, 15) is 10.1 Å². The van der Waals surface area contributed by atoms with Crippen molar-refractivity contribution in [3.8, 4) is 0 Å². The van der Waals surface area contributed by atoms with Crippen molar-refractivity contribution in [3.63, 3.8) is 0 Å². The van der Waals surface area contributed by atoms with Crippen LogP contribution in [0.1, 0.15) is 44.9 Å². The monoisotopic (exact) mass is 308 g/mol. The second-order valence-electron chi connectivity index (χ2n) is 6.41. The summed E-state index contributed by atoms with van der Waals surface area (Å²) >= 11 is 6.02. The van der Waals surface area contributed by atoms with Crippen molar-refractivity contribution >= 4 is 23.0 Å². The largest absolute Gasteiger partial charge is 0.366 e. The molecule has 0 amide bonds. The van der Waals surface area contributed by atoms with Crippen molar-refractivity contribution in [2.45, 2.75) is 44.9 Å². The SMILES string of the molecule is O=[N+]([O-])c1c(Cl)cccc1N1CCC2(CCCCC2)CC1. The fourth-order valence-corrected chi connectivity index (χ4v) is 4.20. The van der Waals surface area contributed by atoms with Crippen LogP contribution in [0.3, 0.4) is 0 Å². The fraction of sp³-hybridized carbons (Fsp3) is 0.625. The van der Waals surface area contributed by atoms with Crippen molar-refractivity contribution < 1.29 is 4.92 Å². The predicted molar refractivity (Wildman–Crippen MR) is 85.1 cm³/mol. The molecule has 114 valence electrons. The topological polar surface area (TPSA) is 46.4 Å². The van der Waals surface area contributed by atoms with Gasteiger partial charge in [0.2, 0.25) is 0 Å². The Balaban J connectivity index is 1.78. The van der Waals surface area contributed by atoms with Crippen molar-refractivity contribution in [3.05, 3.63) is 33.3 Å². The van der Waals surface area contributed by atoms with Gasteiger partial charge < -0.3 is 4.90 Å². The van der Waals surface area contributed by atoms with Gasteiger partial charge in [0, 0.05) is 13.1 Å². The molecule has 0 unspecified atom stereocenters. The summed E-state index contributed by atoms with van der Waals surface area (Å²) in [6.07, 6.45) is 9.02. The normalized spacial score (nSPS) is 21.5. The summed E-state index contributed by atoms with van der Waals surface area (Å²) in [4.78, 5) is 13.1. The molecule has 0 aromatic heterocycles. The van der Waals surface area contributed by atoms with E-state index < -0.39 is 0 Å². The van der Waals surface area contributed by atoms with Gasteiger partial charge in [0.1, 0.15) is 10.7 Å². The second-order valence-corrected chi connectivity index (χ2v) is 6.82. The van der Waals surface area contributed by atoms with Crippen LogP contribution in [0.25, 0.3) is 0 Å². The van der Waals surface area contributed by atoms with Gasteiger partial charge in [-0.05, 0) is 43.2 Å². The lowest BCUT2D eigenvalue weighted by atomic mass is 9.68. The van der Waals surface area contributed by atoms with E-state index in [1.54, 1.807) is 12.1 Å². The smallest absolute Gasteiger partial charge is 0.310 e. The number of para-hydroxylation sites is 1. The Kier molecular flexibility index (Phi) is 4.07. The molecule has 0 atom stereocenters. The number of nitrogens with zero attached hydrogens (tertiary/aromatic N) is 2. The first-order valence-electron chi connectivity index (χ1n) is 7.79. The van der Waals surface area contributed by atoms with Crippen LogP contribution in [0.5, 0.6) is 0 Å². The molecule has 3 rings (SSSR count). The van der Waals surface area contributed by atoms with Gasteiger partial charge in [0.15, 0.2) is 0 Å². The summed E-state index contributed by atoms with van der Waals surface area (Å²) < 4.78 is 0. The third kappa shape index (κ3) is 2.86. The molecule has 2 fully saturated rings. The minimum absolute atomic E-state index is 0.0544.